The molecule has 1 aliphatic rings. The maximum atomic E-state index is 8.68. The van der Waals surface area contributed by atoms with Crippen molar-refractivity contribution in [3.63, 3.8) is 0 Å². The molecule has 4 heteroatoms. The number of aliphatic hydroxyl groups excluding tert-OH is 2. The van der Waals surface area contributed by atoms with Gasteiger partial charge in [-0.15, -0.1) is 0 Å². The average Bonchev–Trinajstić information content (AvgIpc) is 2.05. The van der Waals surface area contributed by atoms with E-state index < -0.39 is 0 Å². The fourth-order valence-corrected chi connectivity index (χ4v) is 1.02. The van der Waals surface area contributed by atoms with Gasteiger partial charge in [-0.2, -0.15) is 0 Å². The van der Waals surface area contributed by atoms with E-state index in [0.717, 1.165) is 13.1 Å². The fraction of sp³-hybridized carbons (Fsp3) is 1.00. The van der Waals surface area contributed by atoms with E-state index in [2.05, 4.69) is 10.6 Å². The molecule has 0 saturated carbocycles. The van der Waals surface area contributed by atoms with Gasteiger partial charge in [-0.1, -0.05) is 0 Å². The van der Waals surface area contributed by atoms with Crippen LogP contribution in [-0.2, 0) is 0 Å². The summed E-state index contributed by atoms with van der Waals surface area (Å²) >= 11 is 0. The van der Waals surface area contributed by atoms with E-state index in [4.69, 9.17) is 10.2 Å². The van der Waals surface area contributed by atoms with Crippen LogP contribution in [-0.4, -0.2) is 48.6 Å². The molecule has 0 aromatic heterocycles. The van der Waals surface area contributed by atoms with Gasteiger partial charge in [-0.05, 0) is 0 Å². The lowest BCUT2D eigenvalue weighted by Gasteiger charge is -2.28. The van der Waals surface area contributed by atoms with Crippen molar-refractivity contribution in [2.75, 3.05) is 26.3 Å². The van der Waals surface area contributed by atoms with Gasteiger partial charge in [0, 0.05) is 25.2 Å². The van der Waals surface area contributed by atoms with E-state index in [-0.39, 0.29) is 25.3 Å². The lowest BCUT2D eigenvalue weighted by molar-refractivity contribution is 0.177. The number of rotatable bonds is 2. The van der Waals surface area contributed by atoms with Crippen molar-refractivity contribution >= 4 is 0 Å². The minimum atomic E-state index is 0.155. The van der Waals surface area contributed by atoms with Crippen molar-refractivity contribution in [2.24, 2.45) is 0 Å². The van der Waals surface area contributed by atoms with Crippen molar-refractivity contribution in [3.05, 3.63) is 0 Å². The third-order valence-corrected chi connectivity index (χ3v) is 1.75. The van der Waals surface area contributed by atoms with Crippen LogP contribution in [0.25, 0.3) is 0 Å². The van der Waals surface area contributed by atoms with Crippen LogP contribution in [0.3, 0.4) is 0 Å². The number of piperazine rings is 1. The molecule has 0 spiro atoms. The zero-order chi connectivity index (χ0) is 7.40. The van der Waals surface area contributed by atoms with Gasteiger partial charge in [0.2, 0.25) is 0 Å². The molecule has 10 heavy (non-hydrogen) atoms. The van der Waals surface area contributed by atoms with Crippen molar-refractivity contribution in [1.82, 2.24) is 10.6 Å². The quantitative estimate of drug-likeness (QED) is 0.360. The monoisotopic (exact) mass is 146 g/mol. The predicted octanol–water partition coefficient (Wildman–Crippen LogP) is -2.10. The summed E-state index contributed by atoms with van der Waals surface area (Å²) < 4.78 is 0. The molecule has 0 aromatic rings. The number of hydrogen-bond donors (Lipinski definition) is 4. The van der Waals surface area contributed by atoms with Crippen LogP contribution in [0.5, 0.6) is 0 Å². The van der Waals surface area contributed by atoms with E-state index >= 15 is 0 Å². The van der Waals surface area contributed by atoms with Gasteiger partial charge in [0.25, 0.3) is 0 Å². The van der Waals surface area contributed by atoms with Crippen molar-refractivity contribution in [2.45, 2.75) is 12.1 Å². The molecule has 60 valence electrons. The van der Waals surface area contributed by atoms with Crippen LogP contribution in [0.1, 0.15) is 0 Å². The second-order valence-corrected chi connectivity index (χ2v) is 2.58. The Hall–Kier alpha value is -0.160. The zero-order valence-corrected chi connectivity index (χ0v) is 5.88. The molecule has 1 aliphatic heterocycles. The summed E-state index contributed by atoms with van der Waals surface area (Å²) in [7, 11) is 0. The summed E-state index contributed by atoms with van der Waals surface area (Å²) in [6, 6.07) is 0.311. The van der Waals surface area contributed by atoms with Gasteiger partial charge in [0.15, 0.2) is 0 Å². The Labute approximate surface area is 60.2 Å². The average molecular weight is 146 g/mol. The third-order valence-electron chi connectivity index (χ3n) is 1.75. The molecule has 1 rings (SSSR count). The molecular weight excluding hydrogens is 132 g/mol. The highest BCUT2D eigenvalue weighted by atomic mass is 16.3. The summed E-state index contributed by atoms with van der Waals surface area (Å²) in [5, 5.41) is 23.6. The summed E-state index contributed by atoms with van der Waals surface area (Å²) in [6.07, 6.45) is 0. The van der Waals surface area contributed by atoms with Gasteiger partial charge >= 0.3 is 0 Å². The van der Waals surface area contributed by atoms with Crippen molar-refractivity contribution < 1.29 is 10.2 Å². The van der Waals surface area contributed by atoms with Gasteiger partial charge in [-0.3, -0.25) is 0 Å². The lowest BCUT2D eigenvalue weighted by Crippen LogP contribution is -2.56. The number of hydrogen-bond acceptors (Lipinski definition) is 4. The van der Waals surface area contributed by atoms with Crippen LogP contribution in [0.4, 0.5) is 0 Å². The standard InChI is InChI=1S/C6H14N2O2/c9-3-5-1-7-6(4-10)2-8-5/h5-10H,1-4H2/t5-,6+. The van der Waals surface area contributed by atoms with Crippen LogP contribution >= 0.6 is 0 Å². The molecule has 0 aliphatic carbocycles. The zero-order valence-electron chi connectivity index (χ0n) is 5.88. The first-order valence-corrected chi connectivity index (χ1v) is 3.55. The molecule has 1 fully saturated rings. The van der Waals surface area contributed by atoms with Gasteiger partial charge in [-0.25, -0.2) is 0 Å². The Kier molecular flexibility index (Phi) is 3.08. The first kappa shape index (κ1) is 7.94. The van der Waals surface area contributed by atoms with Crippen LogP contribution in [0.2, 0.25) is 0 Å². The van der Waals surface area contributed by atoms with Crippen LogP contribution in [0.15, 0.2) is 0 Å². The van der Waals surface area contributed by atoms with E-state index in [9.17, 15) is 0 Å². The van der Waals surface area contributed by atoms with Gasteiger partial charge in [0.05, 0.1) is 13.2 Å². The minimum Gasteiger partial charge on any atom is -0.395 e. The summed E-state index contributed by atoms with van der Waals surface area (Å²) in [6.45, 7) is 1.79. The predicted molar refractivity (Wildman–Crippen MR) is 37.8 cm³/mol. The summed E-state index contributed by atoms with van der Waals surface area (Å²) in [5.41, 5.74) is 0. The van der Waals surface area contributed by atoms with Crippen molar-refractivity contribution in [1.29, 1.82) is 0 Å². The van der Waals surface area contributed by atoms with E-state index in [0.29, 0.717) is 0 Å². The smallest absolute Gasteiger partial charge is 0.0597 e. The Morgan fingerprint density at radius 1 is 1.00 bits per heavy atom. The molecular formula is C6H14N2O2. The number of nitrogens with one attached hydrogen (secondary N) is 2. The SMILES string of the molecule is OC[C@@H]1CN[C@@H](CO)CN1. The molecule has 0 unspecified atom stereocenters. The van der Waals surface area contributed by atoms with E-state index in [1.165, 1.54) is 0 Å². The molecule has 1 heterocycles. The largest absolute Gasteiger partial charge is 0.395 e. The third kappa shape index (κ3) is 1.91. The molecule has 1 saturated heterocycles. The van der Waals surface area contributed by atoms with Crippen LogP contribution in [0, 0.1) is 0 Å². The highest BCUT2D eigenvalue weighted by Gasteiger charge is 2.17. The molecule has 0 bridgehead atoms. The molecule has 0 aromatic carbocycles. The van der Waals surface area contributed by atoms with E-state index in [1.54, 1.807) is 0 Å². The van der Waals surface area contributed by atoms with E-state index in [1.807, 2.05) is 0 Å². The Morgan fingerprint density at radius 3 is 1.60 bits per heavy atom. The minimum absolute atomic E-state index is 0.155. The summed E-state index contributed by atoms with van der Waals surface area (Å²) in [5.74, 6) is 0. The molecule has 4 nitrogen and oxygen atoms in total. The highest BCUT2D eigenvalue weighted by Crippen LogP contribution is 1.90. The normalized spacial score (nSPS) is 34.2. The maximum absolute atomic E-state index is 8.68. The Morgan fingerprint density at radius 2 is 1.40 bits per heavy atom. The summed E-state index contributed by atoms with van der Waals surface area (Å²) in [4.78, 5) is 0. The highest BCUT2D eigenvalue weighted by molar-refractivity contribution is 4.81. The van der Waals surface area contributed by atoms with Gasteiger partial charge in [0.1, 0.15) is 0 Å². The lowest BCUT2D eigenvalue weighted by atomic mass is 10.2. The first-order valence-electron chi connectivity index (χ1n) is 3.55. The Balaban J connectivity index is 2.17. The van der Waals surface area contributed by atoms with Crippen LogP contribution < -0.4 is 10.6 Å². The second kappa shape index (κ2) is 3.88. The molecule has 2 atom stereocenters. The fourth-order valence-electron chi connectivity index (χ4n) is 1.02. The molecule has 4 N–H and O–H groups in total. The molecule has 0 radical (unpaired) electrons. The maximum Gasteiger partial charge on any atom is 0.0597 e. The topological polar surface area (TPSA) is 64.5 Å². The number of aliphatic hydroxyl groups is 2. The van der Waals surface area contributed by atoms with Gasteiger partial charge < -0.3 is 20.8 Å². The molecule has 0 amide bonds. The first-order chi connectivity index (χ1) is 4.86. The second-order valence-electron chi connectivity index (χ2n) is 2.58. The van der Waals surface area contributed by atoms with Crippen molar-refractivity contribution in [3.8, 4) is 0 Å². The Bertz CT molecular complexity index is 79.7.